The molecule has 17 heavy (non-hydrogen) atoms. The highest BCUT2D eigenvalue weighted by Gasteiger charge is 2.58. The Balaban J connectivity index is 2.17. The summed E-state index contributed by atoms with van der Waals surface area (Å²) in [4.78, 5) is 21.6. The molecule has 94 valence electrons. The molecule has 2 rings (SSSR count). The first-order valence-electron chi connectivity index (χ1n) is 6.06. The standard InChI is InChI=1S/C12H18N2O3/c1-2-8-3-9-5-12(6-11(13)15,7-14(16)17)10(9)4-8/h4,9-10H,2-3,5-7H2,1H3,(H2,13,15)/t9-,10-,12-/m1/s1. The van der Waals surface area contributed by atoms with E-state index in [1.807, 2.05) is 0 Å². The molecule has 0 unspecified atom stereocenters. The van der Waals surface area contributed by atoms with Crippen molar-refractivity contribution < 1.29 is 9.72 Å². The quantitative estimate of drug-likeness (QED) is 0.447. The third kappa shape index (κ3) is 2.06. The van der Waals surface area contributed by atoms with Crippen molar-refractivity contribution in [2.24, 2.45) is 23.0 Å². The van der Waals surface area contributed by atoms with E-state index in [0.29, 0.717) is 5.92 Å². The van der Waals surface area contributed by atoms with Crippen molar-refractivity contribution in [3.63, 3.8) is 0 Å². The zero-order valence-corrected chi connectivity index (χ0v) is 10.0. The van der Waals surface area contributed by atoms with Crippen molar-refractivity contribution in [2.75, 3.05) is 6.54 Å². The Morgan fingerprint density at radius 2 is 2.41 bits per heavy atom. The average molecular weight is 238 g/mol. The topological polar surface area (TPSA) is 86.2 Å². The normalized spacial score (nSPS) is 34.8. The van der Waals surface area contributed by atoms with Gasteiger partial charge in [-0.25, -0.2) is 0 Å². The van der Waals surface area contributed by atoms with Crippen LogP contribution >= 0.6 is 0 Å². The van der Waals surface area contributed by atoms with Crippen LogP contribution in [0, 0.1) is 27.4 Å². The molecular weight excluding hydrogens is 220 g/mol. The number of carbonyl (C=O) groups excluding carboxylic acids is 1. The van der Waals surface area contributed by atoms with E-state index in [0.717, 1.165) is 19.3 Å². The Kier molecular flexibility index (Phi) is 2.93. The fourth-order valence-corrected chi connectivity index (χ4v) is 3.58. The van der Waals surface area contributed by atoms with Crippen molar-refractivity contribution in [1.82, 2.24) is 0 Å². The maximum atomic E-state index is 11.1. The molecule has 1 saturated carbocycles. The van der Waals surface area contributed by atoms with Crippen LogP contribution in [0.4, 0.5) is 0 Å². The molecule has 0 aromatic carbocycles. The molecule has 0 aromatic rings. The molecule has 0 spiro atoms. The smallest absolute Gasteiger partial charge is 0.218 e. The van der Waals surface area contributed by atoms with Gasteiger partial charge in [0.2, 0.25) is 12.5 Å². The zero-order valence-electron chi connectivity index (χ0n) is 10.0. The van der Waals surface area contributed by atoms with E-state index < -0.39 is 11.3 Å². The number of amides is 1. The lowest BCUT2D eigenvalue weighted by atomic mass is 9.53. The number of primary amides is 1. The number of nitro groups is 1. The molecule has 0 aliphatic heterocycles. The van der Waals surface area contributed by atoms with Gasteiger partial charge in [0, 0.05) is 11.3 Å². The minimum absolute atomic E-state index is 0.134. The van der Waals surface area contributed by atoms with Gasteiger partial charge in [-0.1, -0.05) is 18.6 Å². The van der Waals surface area contributed by atoms with Gasteiger partial charge < -0.3 is 5.73 Å². The van der Waals surface area contributed by atoms with Gasteiger partial charge in [0.05, 0.1) is 5.41 Å². The van der Waals surface area contributed by atoms with Crippen molar-refractivity contribution in [3.8, 4) is 0 Å². The summed E-state index contributed by atoms with van der Waals surface area (Å²) < 4.78 is 0. The van der Waals surface area contributed by atoms with Crippen LogP contribution in [0.3, 0.4) is 0 Å². The van der Waals surface area contributed by atoms with Crippen molar-refractivity contribution in [3.05, 3.63) is 21.8 Å². The van der Waals surface area contributed by atoms with Crippen molar-refractivity contribution in [1.29, 1.82) is 0 Å². The number of rotatable bonds is 5. The molecule has 0 saturated heterocycles. The molecule has 5 heteroatoms. The lowest BCUT2D eigenvalue weighted by molar-refractivity contribution is -0.505. The Morgan fingerprint density at radius 3 is 2.94 bits per heavy atom. The van der Waals surface area contributed by atoms with Gasteiger partial charge in [-0.3, -0.25) is 14.9 Å². The number of hydrogen-bond donors (Lipinski definition) is 1. The van der Waals surface area contributed by atoms with Gasteiger partial charge >= 0.3 is 0 Å². The summed E-state index contributed by atoms with van der Waals surface area (Å²) in [6.07, 6.45) is 5.10. The van der Waals surface area contributed by atoms with E-state index in [9.17, 15) is 14.9 Å². The summed E-state index contributed by atoms with van der Waals surface area (Å²) in [5.74, 6) is 0.267. The molecule has 1 fully saturated rings. The first kappa shape index (κ1) is 12.1. The van der Waals surface area contributed by atoms with E-state index >= 15 is 0 Å². The van der Waals surface area contributed by atoms with E-state index in [-0.39, 0.29) is 23.8 Å². The number of allylic oxidation sites excluding steroid dienone is 2. The van der Waals surface area contributed by atoms with Crippen LogP contribution in [0.2, 0.25) is 0 Å². The summed E-state index contributed by atoms with van der Waals surface area (Å²) in [6.45, 7) is 1.96. The Labute approximate surface area is 100 Å². The fourth-order valence-electron chi connectivity index (χ4n) is 3.58. The number of nitrogens with zero attached hydrogens (tertiary/aromatic N) is 1. The first-order chi connectivity index (χ1) is 7.97. The van der Waals surface area contributed by atoms with Gasteiger partial charge in [-0.2, -0.15) is 0 Å². The highest BCUT2D eigenvalue weighted by atomic mass is 16.6. The molecule has 2 N–H and O–H groups in total. The van der Waals surface area contributed by atoms with Gasteiger partial charge in [0.25, 0.3) is 0 Å². The third-order valence-electron chi connectivity index (χ3n) is 4.25. The number of fused-ring (bicyclic) bond motifs is 1. The minimum Gasteiger partial charge on any atom is -0.370 e. The number of carbonyl (C=O) groups is 1. The molecule has 0 radical (unpaired) electrons. The monoisotopic (exact) mass is 238 g/mol. The second kappa shape index (κ2) is 4.13. The van der Waals surface area contributed by atoms with E-state index in [4.69, 9.17) is 5.73 Å². The summed E-state index contributed by atoms with van der Waals surface area (Å²) in [7, 11) is 0. The van der Waals surface area contributed by atoms with Crippen LogP contribution in [-0.4, -0.2) is 17.4 Å². The SMILES string of the molecule is CCC1=C[C@@H]2[C@H](C1)C[C@@]2(CC(N)=O)C[N+](=O)[O-]. The maximum absolute atomic E-state index is 11.1. The lowest BCUT2D eigenvalue weighted by Crippen LogP contribution is -2.51. The average Bonchev–Trinajstić information content (AvgIpc) is 2.54. The van der Waals surface area contributed by atoms with Crippen LogP contribution < -0.4 is 5.73 Å². The number of nitrogens with two attached hydrogens (primary N) is 1. The predicted molar refractivity (Wildman–Crippen MR) is 62.7 cm³/mol. The van der Waals surface area contributed by atoms with Crippen LogP contribution in [0.1, 0.15) is 32.6 Å². The third-order valence-corrected chi connectivity index (χ3v) is 4.25. The van der Waals surface area contributed by atoms with E-state index in [1.165, 1.54) is 5.57 Å². The highest BCUT2D eigenvalue weighted by Crippen LogP contribution is 2.60. The molecule has 1 amide bonds. The minimum atomic E-state index is -0.503. The fraction of sp³-hybridized carbons (Fsp3) is 0.750. The Hall–Kier alpha value is -1.39. The molecule has 2 aliphatic rings. The van der Waals surface area contributed by atoms with Crippen molar-refractivity contribution >= 4 is 5.91 Å². The zero-order chi connectivity index (χ0) is 12.6. The van der Waals surface area contributed by atoms with Crippen LogP contribution in [0.15, 0.2) is 11.6 Å². The van der Waals surface area contributed by atoms with E-state index in [2.05, 4.69) is 13.0 Å². The lowest BCUT2D eigenvalue weighted by Gasteiger charge is -2.49. The Bertz CT molecular complexity index is 373. The first-order valence-corrected chi connectivity index (χ1v) is 6.06. The van der Waals surface area contributed by atoms with Crippen LogP contribution in [-0.2, 0) is 4.79 Å². The molecule has 2 aliphatic carbocycles. The number of hydrogen-bond acceptors (Lipinski definition) is 3. The predicted octanol–water partition coefficient (Wildman–Crippen LogP) is 1.50. The van der Waals surface area contributed by atoms with Gasteiger partial charge in [0.1, 0.15) is 0 Å². The molecule has 0 aromatic heterocycles. The Morgan fingerprint density at radius 1 is 1.71 bits per heavy atom. The second-order valence-corrected chi connectivity index (χ2v) is 5.37. The largest absolute Gasteiger partial charge is 0.370 e. The van der Waals surface area contributed by atoms with Gasteiger partial charge in [-0.15, -0.1) is 0 Å². The van der Waals surface area contributed by atoms with Crippen LogP contribution in [0.25, 0.3) is 0 Å². The highest BCUT2D eigenvalue weighted by molar-refractivity contribution is 5.75. The molecule has 5 nitrogen and oxygen atoms in total. The van der Waals surface area contributed by atoms with E-state index in [1.54, 1.807) is 0 Å². The van der Waals surface area contributed by atoms with Crippen LogP contribution in [0.5, 0.6) is 0 Å². The van der Waals surface area contributed by atoms with Crippen molar-refractivity contribution in [2.45, 2.75) is 32.6 Å². The second-order valence-electron chi connectivity index (χ2n) is 5.37. The summed E-state index contributed by atoms with van der Waals surface area (Å²) in [5, 5.41) is 10.8. The molecular formula is C12H18N2O3. The maximum Gasteiger partial charge on any atom is 0.218 e. The van der Waals surface area contributed by atoms with Gasteiger partial charge in [-0.05, 0) is 31.1 Å². The molecule has 0 heterocycles. The van der Waals surface area contributed by atoms with Gasteiger partial charge in [0.15, 0.2) is 0 Å². The summed E-state index contributed by atoms with van der Waals surface area (Å²) in [5.41, 5.74) is 6.10. The summed E-state index contributed by atoms with van der Waals surface area (Å²) >= 11 is 0. The molecule has 3 atom stereocenters. The molecule has 0 bridgehead atoms. The summed E-state index contributed by atoms with van der Waals surface area (Å²) in [6, 6.07) is 0.